The maximum absolute atomic E-state index is 12.3. The fraction of sp³-hybridized carbons (Fsp3) is 0.150. The quantitative estimate of drug-likeness (QED) is 0.725. The molecule has 2 N–H and O–H groups in total. The largest absolute Gasteiger partial charge is 0.355 e. The SMILES string of the molecule is CNC(=O)c1cccc(NC(=O)Cc2csc(-c3cccc(C)c3)n2)c1. The Balaban J connectivity index is 1.67. The Labute approximate surface area is 156 Å². The first-order chi connectivity index (χ1) is 12.5. The average molecular weight is 365 g/mol. The van der Waals surface area contributed by atoms with Gasteiger partial charge in [-0.3, -0.25) is 9.59 Å². The number of aryl methyl sites for hydroxylation is 1. The summed E-state index contributed by atoms with van der Waals surface area (Å²) in [5, 5.41) is 8.18. The summed E-state index contributed by atoms with van der Waals surface area (Å²) in [5.41, 5.74) is 4.05. The first-order valence-electron chi connectivity index (χ1n) is 8.18. The Kier molecular flexibility index (Phi) is 5.43. The van der Waals surface area contributed by atoms with Crippen LogP contribution in [0.3, 0.4) is 0 Å². The topological polar surface area (TPSA) is 71.1 Å². The van der Waals surface area contributed by atoms with Crippen LogP contribution in [0.2, 0.25) is 0 Å². The predicted molar refractivity (Wildman–Crippen MR) is 104 cm³/mol. The number of hydrogen-bond donors (Lipinski definition) is 2. The van der Waals surface area contributed by atoms with E-state index in [4.69, 9.17) is 0 Å². The number of nitrogens with zero attached hydrogens (tertiary/aromatic N) is 1. The molecule has 3 aromatic rings. The fourth-order valence-electron chi connectivity index (χ4n) is 2.55. The third-order valence-electron chi connectivity index (χ3n) is 3.79. The van der Waals surface area contributed by atoms with Crippen LogP contribution in [0.5, 0.6) is 0 Å². The summed E-state index contributed by atoms with van der Waals surface area (Å²) in [4.78, 5) is 28.5. The summed E-state index contributed by atoms with van der Waals surface area (Å²) < 4.78 is 0. The third kappa shape index (κ3) is 4.34. The van der Waals surface area contributed by atoms with Crippen molar-refractivity contribution in [1.82, 2.24) is 10.3 Å². The lowest BCUT2D eigenvalue weighted by molar-refractivity contribution is -0.115. The van der Waals surface area contributed by atoms with E-state index in [-0.39, 0.29) is 18.2 Å². The van der Waals surface area contributed by atoms with Gasteiger partial charge in [0.1, 0.15) is 5.01 Å². The second-order valence-corrected chi connectivity index (χ2v) is 6.76. The van der Waals surface area contributed by atoms with Gasteiger partial charge in [0.15, 0.2) is 0 Å². The van der Waals surface area contributed by atoms with E-state index in [1.807, 2.05) is 30.5 Å². The standard InChI is InChI=1S/C20H19N3O2S/c1-13-5-3-7-15(9-13)20-23-17(12-26-20)11-18(24)22-16-8-4-6-14(10-16)19(25)21-2/h3-10,12H,11H2,1-2H3,(H,21,25)(H,22,24). The van der Waals surface area contributed by atoms with E-state index >= 15 is 0 Å². The van der Waals surface area contributed by atoms with Crippen molar-refractivity contribution >= 4 is 28.8 Å². The zero-order valence-corrected chi connectivity index (χ0v) is 15.4. The maximum atomic E-state index is 12.3. The number of rotatable bonds is 5. The summed E-state index contributed by atoms with van der Waals surface area (Å²) >= 11 is 1.52. The van der Waals surface area contributed by atoms with Gasteiger partial charge < -0.3 is 10.6 Å². The van der Waals surface area contributed by atoms with E-state index in [0.29, 0.717) is 11.3 Å². The Morgan fingerprint density at radius 3 is 2.69 bits per heavy atom. The maximum Gasteiger partial charge on any atom is 0.251 e. The van der Waals surface area contributed by atoms with Crippen LogP contribution in [-0.4, -0.2) is 23.8 Å². The molecule has 2 amide bonds. The summed E-state index contributed by atoms with van der Waals surface area (Å²) in [6.45, 7) is 2.04. The minimum absolute atomic E-state index is 0.167. The van der Waals surface area contributed by atoms with E-state index in [9.17, 15) is 9.59 Å². The van der Waals surface area contributed by atoms with Crippen molar-refractivity contribution in [2.45, 2.75) is 13.3 Å². The summed E-state index contributed by atoms with van der Waals surface area (Å²) in [6.07, 6.45) is 0.187. The van der Waals surface area contributed by atoms with Gasteiger partial charge in [-0.1, -0.05) is 29.8 Å². The van der Waals surface area contributed by atoms with Crippen molar-refractivity contribution in [3.8, 4) is 10.6 Å². The van der Waals surface area contributed by atoms with Crippen LogP contribution in [0.4, 0.5) is 5.69 Å². The van der Waals surface area contributed by atoms with Gasteiger partial charge in [0, 0.05) is 29.2 Å². The highest BCUT2D eigenvalue weighted by molar-refractivity contribution is 7.13. The first kappa shape index (κ1) is 17.8. The van der Waals surface area contributed by atoms with E-state index in [2.05, 4.69) is 21.7 Å². The van der Waals surface area contributed by atoms with Gasteiger partial charge in [-0.2, -0.15) is 0 Å². The highest BCUT2D eigenvalue weighted by atomic mass is 32.1. The van der Waals surface area contributed by atoms with Crippen molar-refractivity contribution in [3.63, 3.8) is 0 Å². The molecule has 0 aliphatic carbocycles. The van der Waals surface area contributed by atoms with Crippen molar-refractivity contribution < 1.29 is 9.59 Å². The van der Waals surface area contributed by atoms with Crippen LogP contribution < -0.4 is 10.6 Å². The molecule has 0 saturated heterocycles. The number of thiazole rings is 1. The number of carbonyl (C=O) groups is 2. The Morgan fingerprint density at radius 1 is 1.12 bits per heavy atom. The average Bonchev–Trinajstić information content (AvgIpc) is 3.09. The normalized spacial score (nSPS) is 10.4. The molecule has 0 atom stereocenters. The molecule has 26 heavy (non-hydrogen) atoms. The van der Waals surface area contributed by atoms with Crippen LogP contribution in [0, 0.1) is 6.92 Å². The molecule has 0 spiro atoms. The number of carbonyl (C=O) groups excluding carboxylic acids is 2. The minimum Gasteiger partial charge on any atom is -0.355 e. The van der Waals surface area contributed by atoms with Gasteiger partial charge >= 0.3 is 0 Å². The monoisotopic (exact) mass is 365 g/mol. The van der Waals surface area contributed by atoms with Crippen LogP contribution in [0.1, 0.15) is 21.6 Å². The van der Waals surface area contributed by atoms with Crippen molar-refractivity contribution in [2.24, 2.45) is 0 Å². The van der Waals surface area contributed by atoms with E-state index in [0.717, 1.165) is 16.3 Å². The Bertz CT molecular complexity index is 949. The Morgan fingerprint density at radius 2 is 1.92 bits per heavy atom. The van der Waals surface area contributed by atoms with E-state index in [1.165, 1.54) is 16.9 Å². The molecule has 0 aliphatic rings. The molecule has 2 aromatic carbocycles. The van der Waals surface area contributed by atoms with E-state index < -0.39 is 0 Å². The highest BCUT2D eigenvalue weighted by Crippen LogP contribution is 2.24. The number of benzene rings is 2. The molecule has 6 heteroatoms. The van der Waals surface area contributed by atoms with Crippen LogP contribution in [-0.2, 0) is 11.2 Å². The zero-order chi connectivity index (χ0) is 18.5. The van der Waals surface area contributed by atoms with Gasteiger partial charge in [-0.15, -0.1) is 11.3 Å². The number of anilines is 1. The Hall–Kier alpha value is -2.99. The fourth-order valence-corrected chi connectivity index (χ4v) is 3.37. The number of hydrogen-bond acceptors (Lipinski definition) is 4. The van der Waals surface area contributed by atoms with Gasteiger partial charge in [0.05, 0.1) is 12.1 Å². The lowest BCUT2D eigenvalue weighted by Crippen LogP contribution is -2.19. The first-order valence-corrected chi connectivity index (χ1v) is 9.06. The second-order valence-electron chi connectivity index (χ2n) is 5.90. The molecule has 0 saturated carbocycles. The van der Waals surface area contributed by atoms with Gasteiger partial charge in [0.25, 0.3) is 5.91 Å². The van der Waals surface area contributed by atoms with Crippen LogP contribution in [0.25, 0.3) is 10.6 Å². The van der Waals surface area contributed by atoms with Gasteiger partial charge in [-0.05, 0) is 31.2 Å². The smallest absolute Gasteiger partial charge is 0.251 e. The molecule has 1 heterocycles. The van der Waals surface area contributed by atoms with Crippen molar-refractivity contribution in [1.29, 1.82) is 0 Å². The van der Waals surface area contributed by atoms with Crippen molar-refractivity contribution in [3.05, 3.63) is 70.7 Å². The molecule has 132 valence electrons. The molecule has 3 rings (SSSR count). The number of aromatic nitrogens is 1. The summed E-state index contributed by atoms with van der Waals surface area (Å²) in [5.74, 6) is -0.358. The zero-order valence-electron chi connectivity index (χ0n) is 14.6. The number of amides is 2. The summed E-state index contributed by atoms with van der Waals surface area (Å²) in [6, 6.07) is 15.0. The van der Waals surface area contributed by atoms with Crippen LogP contribution in [0.15, 0.2) is 53.9 Å². The predicted octanol–water partition coefficient (Wildman–Crippen LogP) is 3.66. The molecule has 0 fully saturated rings. The van der Waals surface area contributed by atoms with Crippen LogP contribution >= 0.6 is 11.3 Å². The lowest BCUT2D eigenvalue weighted by Gasteiger charge is -2.06. The number of nitrogens with one attached hydrogen (secondary N) is 2. The minimum atomic E-state index is -0.191. The third-order valence-corrected chi connectivity index (χ3v) is 4.73. The molecule has 0 radical (unpaired) electrons. The van der Waals surface area contributed by atoms with Gasteiger partial charge in [0.2, 0.25) is 5.91 Å². The lowest BCUT2D eigenvalue weighted by atomic mass is 10.1. The molecular weight excluding hydrogens is 346 g/mol. The molecular formula is C20H19N3O2S. The molecule has 0 bridgehead atoms. The second kappa shape index (κ2) is 7.93. The van der Waals surface area contributed by atoms with Crippen molar-refractivity contribution in [2.75, 3.05) is 12.4 Å². The summed E-state index contributed by atoms with van der Waals surface area (Å²) in [7, 11) is 1.57. The molecule has 5 nitrogen and oxygen atoms in total. The highest BCUT2D eigenvalue weighted by Gasteiger charge is 2.11. The molecule has 0 aliphatic heterocycles. The molecule has 0 unspecified atom stereocenters. The van der Waals surface area contributed by atoms with E-state index in [1.54, 1.807) is 31.3 Å². The van der Waals surface area contributed by atoms with Gasteiger partial charge in [-0.25, -0.2) is 4.98 Å². The molecule has 1 aromatic heterocycles.